The van der Waals surface area contributed by atoms with E-state index in [0.29, 0.717) is 5.92 Å². The fourth-order valence-electron chi connectivity index (χ4n) is 2.73. The average molecular weight is 255 g/mol. The minimum atomic E-state index is -0.248. The molecule has 18 heavy (non-hydrogen) atoms. The molecule has 1 heterocycles. The summed E-state index contributed by atoms with van der Waals surface area (Å²) < 4.78 is 0. The van der Waals surface area contributed by atoms with Crippen molar-refractivity contribution in [1.82, 2.24) is 15.5 Å². The van der Waals surface area contributed by atoms with Gasteiger partial charge < -0.3 is 15.5 Å². The zero-order valence-corrected chi connectivity index (χ0v) is 12.4. The number of piperidine rings is 1. The second-order valence-corrected chi connectivity index (χ2v) is 5.95. The quantitative estimate of drug-likeness (QED) is 0.698. The maximum absolute atomic E-state index is 12.5. The van der Waals surface area contributed by atoms with Crippen molar-refractivity contribution < 1.29 is 4.79 Å². The van der Waals surface area contributed by atoms with Crippen LogP contribution in [0.15, 0.2) is 0 Å². The van der Waals surface area contributed by atoms with Crippen molar-refractivity contribution in [1.29, 1.82) is 0 Å². The highest BCUT2D eigenvalue weighted by Crippen LogP contribution is 2.33. The van der Waals surface area contributed by atoms with Gasteiger partial charge in [-0.2, -0.15) is 0 Å². The normalized spacial score (nSPS) is 20.8. The molecule has 0 aliphatic carbocycles. The Balaban J connectivity index is 2.51. The third-order valence-corrected chi connectivity index (χ3v) is 4.14. The average Bonchev–Trinajstić information content (AvgIpc) is 2.39. The van der Waals surface area contributed by atoms with Crippen LogP contribution in [-0.2, 0) is 4.79 Å². The summed E-state index contributed by atoms with van der Waals surface area (Å²) in [5.74, 6) is 0.748. The minimum Gasteiger partial charge on any atom is -0.345 e. The summed E-state index contributed by atoms with van der Waals surface area (Å²) >= 11 is 0. The number of nitrogens with one attached hydrogen (secondary N) is 2. The molecule has 1 aliphatic heterocycles. The van der Waals surface area contributed by atoms with Crippen LogP contribution in [0.5, 0.6) is 0 Å². The Hall–Kier alpha value is -0.610. The molecule has 0 radical (unpaired) electrons. The topological polar surface area (TPSA) is 44.4 Å². The molecule has 4 nitrogen and oxygen atoms in total. The fourth-order valence-corrected chi connectivity index (χ4v) is 2.73. The number of nitrogens with zero attached hydrogens (tertiary/aromatic N) is 1. The first kappa shape index (κ1) is 15.4. The maximum atomic E-state index is 12.5. The lowest BCUT2D eigenvalue weighted by Crippen LogP contribution is -2.48. The maximum Gasteiger partial charge on any atom is 0.228 e. The second-order valence-electron chi connectivity index (χ2n) is 5.95. The lowest BCUT2D eigenvalue weighted by Gasteiger charge is -2.38. The molecule has 0 aromatic rings. The number of carbonyl (C=O) groups is 1. The molecule has 0 saturated carbocycles. The van der Waals surface area contributed by atoms with Gasteiger partial charge >= 0.3 is 0 Å². The van der Waals surface area contributed by atoms with Gasteiger partial charge in [0, 0.05) is 19.0 Å². The van der Waals surface area contributed by atoms with E-state index in [1.54, 1.807) is 0 Å². The van der Waals surface area contributed by atoms with E-state index in [1.807, 2.05) is 19.0 Å². The van der Waals surface area contributed by atoms with Crippen molar-refractivity contribution >= 4 is 5.91 Å². The van der Waals surface area contributed by atoms with Crippen molar-refractivity contribution in [2.45, 2.75) is 33.1 Å². The first-order valence-electron chi connectivity index (χ1n) is 7.11. The fraction of sp³-hybridized carbons (Fsp3) is 0.929. The predicted molar refractivity (Wildman–Crippen MR) is 75.6 cm³/mol. The molecule has 1 rings (SSSR count). The third kappa shape index (κ3) is 3.95. The Morgan fingerprint density at radius 1 is 1.50 bits per heavy atom. The zero-order chi connectivity index (χ0) is 13.6. The van der Waals surface area contributed by atoms with E-state index < -0.39 is 0 Å². The highest BCUT2D eigenvalue weighted by molar-refractivity contribution is 5.82. The number of amides is 1. The SMILES string of the molecule is CNCCCN(C)C(=O)C(C)(C)C1CCCNC1. The van der Waals surface area contributed by atoms with E-state index >= 15 is 0 Å². The molecule has 0 aromatic heterocycles. The van der Waals surface area contributed by atoms with E-state index in [0.717, 1.165) is 39.0 Å². The van der Waals surface area contributed by atoms with Crippen molar-refractivity contribution in [3.8, 4) is 0 Å². The highest BCUT2D eigenvalue weighted by atomic mass is 16.2. The lowest BCUT2D eigenvalue weighted by molar-refractivity contribution is -0.142. The summed E-state index contributed by atoms with van der Waals surface area (Å²) in [5, 5.41) is 6.52. The van der Waals surface area contributed by atoms with Crippen molar-refractivity contribution in [2.24, 2.45) is 11.3 Å². The van der Waals surface area contributed by atoms with Gasteiger partial charge in [-0.1, -0.05) is 13.8 Å². The van der Waals surface area contributed by atoms with Gasteiger partial charge in [0.2, 0.25) is 5.91 Å². The van der Waals surface area contributed by atoms with E-state index in [2.05, 4.69) is 24.5 Å². The Morgan fingerprint density at radius 3 is 2.78 bits per heavy atom. The molecule has 1 unspecified atom stereocenters. The van der Waals surface area contributed by atoms with E-state index in [-0.39, 0.29) is 11.3 Å². The Kier molecular flexibility index (Phi) is 6.09. The van der Waals surface area contributed by atoms with Crippen LogP contribution in [0.3, 0.4) is 0 Å². The Labute approximate surface area is 111 Å². The van der Waals surface area contributed by atoms with Crippen LogP contribution in [0.4, 0.5) is 0 Å². The van der Waals surface area contributed by atoms with Gasteiger partial charge in [-0.05, 0) is 51.9 Å². The molecule has 0 spiro atoms. The van der Waals surface area contributed by atoms with Crippen LogP contribution in [0.1, 0.15) is 33.1 Å². The smallest absolute Gasteiger partial charge is 0.228 e. The summed E-state index contributed by atoms with van der Waals surface area (Å²) in [5.41, 5.74) is -0.248. The Bertz CT molecular complexity index is 260. The van der Waals surface area contributed by atoms with Gasteiger partial charge in [0.25, 0.3) is 0 Å². The second kappa shape index (κ2) is 7.10. The molecule has 0 aromatic carbocycles. The molecule has 106 valence electrons. The number of hydrogen-bond donors (Lipinski definition) is 2. The molecule has 1 atom stereocenters. The molecule has 1 saturated heterocycles. The summed E-state index contributed by atoms with van der Waals surface area (Å²) in [6.07, 6.45) is 3.36. The predicted octanol–water partition coefficient (Wildman–Crippen LogP) is 1.08. The van der Waals surface area contributed by atoms with E-state index in [4.69, 9.17) is 0 Å². The van der Waals surface area contributed by atoms with Gasteiger partial charge in [-0.3, -0.25) is 4.79 Å². The lowest BCUT2D eigenvalue weighted by atomic mass is 9.74. The molecule has 1 fully saturated rings. The van der Waals surface area contributed by atoms with Gasteiger partial charge in [0.15, 0.2) is 0 Å². The first-order valence-corrected chi connectivity index (χ1v) is 7.11. The van der Waals surface area contributed by atoms with Gasteiger partial charge in [0.1, 0.15) is 0 Å². The number of hydrogen-bond acceptors (Lipinski definition) is 3. The van der Waals surface area contributed by atoms with Gasteiger partial charge in [-0.15, -0.1) is 0 Å². The molecule has 1 aliphatic rings. The summed E-state index contributed by atoms with van der Waals surface area (Å²) in [7, 11) is 3.87. The van der Waals surface area contributed by atoms with Crippen LogP contribution in [0, 0.1) is 11.3 Å². The van der Waals surface area contributed by atoms with E-state index in [1.165, 1.54) is 6.42 Å². The molecular formula is C14H29N3O. The Morgan fingerprint density at radius 2 is 2.22 bits per heavy atom. The third-order valence-electron chi connectivity index (χ3n) is 4.14. The van der Waals surface area contributed by atoms with Crippen LogP contribution >= 0.6 is 0 Å². The van der Waals surface area contributed by atoms with Crippen LogP contribution in [0.25, 0.3) is 0 Å². The first-order chi connectivity index (χ1) is 8.50. The van der Waals surface area contributed by atoms with Crippen LogP contribution in [0.2, 0.25) is 0 Å². The molecule has 2 N–H and O–H groups in total. The highest BCUT2D eigenvalue weighted by Gasteiger charge is 2.38. The summed E-state index contributed by atoms with van der Waals surface area (Å²) in [6.45, 7) is 8.07. The van der Waals surface area contributed by atoms with Gasteiger partial charge in [0.05, 0.1) is 0 Å². The molecule has 4 heteroatoms. The number of rotatable bonds is 6. The van der Waals surface area contributed by atoms with Crippen molar-refractivity contribution in [2.75, 3.05) is 40.3 Å². The summed E-state index contributed by atoms with van der Waals surface area (Å²) in [6, 6.07) is 0. The van der Waals surface area contributed by atoms with E-state index in [9.17, 15) is 4.79 Å². The number of carbonyl (C=O) groups excluding carboxylic acids is 1. The minimum absolute atomic E-state index is 0.248. The van der Waals surface area contributed by atoms with Gasteiger partial charge in [-0.25, -0.2) is 0 Å². The summed E-state index contributed by atoms with van der Waals surface area (Å²) in [4.78, 5) is 14.4. The van der Waals surface area contributed by atoms with Crippen LogP contribution in [-0.4, -0.2) is 51.1 Å². The zero-order valence-electron chi connectivity index (χ0n) is 12.4. The van der Waals surface area contributed by atoms with Crippen molar-refractivity contribution in [3.05, 3.63) is 0 Å². The largest absolute Gasteiger partial charge is 0.345 e. The van der Waals surface area contributed by atoms with Crippen LogP contribution < -0.4 is 10.6 Å². The monoisotopic (exact) mass is 255 g/mol. The standard InChI is InChI=1S/C14H29N3O/c1-14(2,12-7-5-9-16-11-12)13(18)17(4)10-6-8-15-3/h12,15-16H,5-11H2,1-4H3. The molecular weight excluding hydrogens is 226 g/mol. The van der Waals surface area contributed by atoms with Crippen molar-refractivity contribution in [3.63, 3.8) is 0 Å². The molecule has 1 amide bonds. The molecule has 0 bridgehead atoms.